The average molecular weight is 529 g/mol. The number of aromatic nitrogens is 1. The molecule has 9 heteroatoms. The summed E-state index contributed by atoms with van der Waals surface area (Å²) in [6, 6.07) is 13.6. The number of rotatable bonds is 8. The minimum absolute atomic E-state index is 0.214. The van der Waals surface area contributed by atoms with Crippen molar-refractivity contribution in [1.82, 2.24) is 4.57 Å². The van der Waals surface area contributed by atoms with E-state index in [-0.39, 0.29) is 5.57 Å². The maximum absolute atomic E-state index is 12.6. The highest BCUT2D eigenvalue weighted by Gasteiger charge is 2.22. The van der Waals surface area contributed by atoms with E-state index in [1.165, 1.54) is 17.4 Å². The monoisotopic (exact) mass is 528 g/mol. The topological polar surface area (TPSA) is 117 Å². The van der Waals surface area contributed by atoms with E-state index < -0.39 is 18.5 Å². The quantitative estimate of drug-likeness (QED) is 0.238. The Labute approximate surface area is 225 Å². The van der Waals surface area contributed by atoms with Crippen LogP contribution in [-0.2, 0) is 27.2 Å². The van der Waals surface area contributed by atoms with Crippen molar-refractivity contribution < 1.29 is 19.1 Å². The third-order valence-electron chi connectivity index (χ3n) is 6.39. The molecule has 0 spiro atoms. The van der Waals surface area contributed by atoms with Gasteiger partial charge >= 0.3 is 5.97 Å². The Morgan fingerprint density at radius 2 is 1.89 bits per heavy atom. The van der Waals surface area contributed by atoms with Crippen LogP contribution in [0.2, 0.25) is 0 Å². The number of nitrogens with zero attached hydrogens (tertiary/aromatic N) is 3. The summed E-state index contributed by atoms with van der Waals surface area (Å²) in [6.45, 7) is 5.79. The van der Waals surface area contributed by atoms with Gasteiger partial charge in [-0.3, -0.25) is 4.79 Å². The first kappa shape index (κ1) is 26.7. The molecule has 194 valence electrons. The highest BCUT2D eigenvalue weighted by Crippen LogP contribution is 2.37. The summed E-state index contributed by atoms with van der Waals surface area (Å²) >= 11 is 1.40. The number of fused-ring (bicyclic) bond motifs is 1. The predicted molar refractivity (Wildman–Crippen MR) is 145 cm³/mol. The van der Waals surface area contributed by atoms with E-state index in [2.05, 4.69) is 11.4 Å². The molecule has 0 saturated heterocycles. The second-order valence-corrected chi connectivity index (χ2v) is 10.0. The first-order valence-corrected chi connectivity index (χ1v) is 13.2. The number of ether oxygens (including phenoxy) is 2. The van der Waals surface area contributed by atoms with Gasteiger partial charge in [-0.2, -0.15) is 10.5 Å². The summed E-state index contributed by atoms with van der Waals surface area (Å²) < 4.78 is 12.7. The molecule has 2 aromatic heterocycles. The highest BCUT2D eigenvalue weighted by molar-refractivity contribution is 7.16. The number of nitriles is 2. The number of hydrogen-bond donors (Lipinski definition) is 1. The number of carbonyl (C=O) groups is 2. The van der Waals surface area contributed by atoms with Crippen molar-refractivity contribution >= 4 is 34.3 Å². The summed E-state index contributed by atoms with van der Waals surface area (Å²) in [5.74, 6) is -0.668. The molecule has 0 bridgehead atoms. The zero-order chi connectivity index (χ0) is 27.2. The number of hydrogen-bond acceptors (Lipinski definition) is 7. The lowest BCUT2D eigenvalue weighted by Crippen LogP contribution is -2.21. The standard InChI is InChI=1S/C29H28N4O4S/c1-4-36-23-11-9-22(10-12-23)33-18(2)13-20(19(33)3)14-21(15-30)29(35)37-17-27(34)32-28-25(16-31)24-7-5-6-8-26(24)38-28/h9-14H,4-8,17H2,1-3H3,(H,32,34)/b21-14+. The van der Waals surface area contributed by atoms with Crippen molar-refractivity contribution in [3.8, 4) is 23.6 Å². The number of anilines is 1. The van der Waals surface area contributed by atoms with Crippen molar-refractivity contribution in [2.24, 2.45) is 0 Å². The van der Waals surface area contributed by atoms with E-state index in [1.807, 2.05) is 61.7 Å². The van der Waals surface area contributed by atoms with Crippen molar-refractivity contribution in [1.29, 1.82) is 10.5 Å². The first-order chi connectivity index (χ1) is 18.4. The van der Waals surface area contributed by atoms with Crippen LogP contribution in [0.5, 0.6) is 5.75 Å². The van der Waals surface area contributed by atoms with Gasteiger partial charge in [-0.25, -0.2) is 4.79 Å². The molecule has 3 aromatic rings. The van der Waals surface area contributed by atoms with Crippen molar-refractivity contribution in [3.05, 3.63) is 68.9 Å². The van der Waals surface area contributed by atoms with Gasteiger partial charge in [0, 0.05) is 22.0 Å². The lowest BCUT2D eigenvalue weighted by molar-refractivity contribution is -0.142. The number of amides is 1. The minimum atomic E-state index is -0.889. The van der Waals surface area contributed by atoms with Gasteiger partial charge in [-0.15, -0.1) is 11.3 Å². The van der Waals surface area contributed by atoms with Gasteiger partial charge < -0.3 is 19.4 Å². The van der Waals surface area contributed by atoms with Gasteiger partial charge in [0.1, 0.15) is 28.5 Å². The molecular weight excluding hydrogens is 500 g/mol. The summed E-state index contributed by atoms with van der Waals surface area (Å²) in [5, 5.41) is 22.3. The second kappa shape index (κ2) is 11.8. The Morgan fingerprint density at radius 1 is 1.16 bits per heavy atom. The van der Waals surface area contributed by atoms with Crippen LogP contribution in [0.15, 0.2) is 35.9 Å². The molecule has 4 rings (SSSR count). The molecule has 2 heterocycles. The SMILES string of the molecule is CCOc1ccc(-n2c(C)cc(/C=C(\C#N)C(=O)OCC(=O)Nc3sc4c(c3C#N)CCCC4)c2C)cc1. The Morgan fingerprint density at radius 3 is 2.58 bits per heavy atom. The van der Waals surface area contributed by atoms with Crippen LogP contribution in [0.1, 0.15) is 52.7 Å². The zero-order valence-corrected chi connectivity index (χ0v) is 22.4. The second-order valence-electron chi connectivity index (χ2n) is 8.91. The van der Waals surface area contributed by atoms with Gasteiger partial charge in [-0.1, -0.05) is 0 Å². The van der Waals surface area contributed by atoms with E-state index in [4.69, 9.17) is 9.47 Å². The molecule has 0 radical (unpaired) electrons. The smallest absolute Gasteiger partial charge is 0.349 e. The molecule has 0 saturated carbocycles. The number of esters is 1. The maximum atomic E-state index is 12.6. The molecule has 8 nitrogen and oxygen atoms in total. The minimum Gasteiger partial charge on any atom is -0.494 e. The van der Waals surface area contributed by atoms with Crippen LogP contribution in [0.3, 0.4) is 0 Å². The molecule has 38 heavy (non-hydrogen) atoms. The molecule has 1 aliphatic carbocycles. The molecule has 0 unspecified atom stereocenters. The molecule has 1 amide bonds. The highest BCUT2D eigenvalue weighted by atomic mass is 32.1. The van der Waals surface area contributed by atoms with E-state index in [1.54, 1.807) is 0 Å². The van der Waals surface area contributed by atoms with Gasteiger partial charge in [0.15, 0.2) is 6.61 Å². The van der Waals surface area contributed by atoms with E-state index in [9.17, 15) is 20.1 Å². The number of aryl methyl sites for hydroxylation is 2. The fourth-order valence-corrected chi connectivity index (χ4v) is 5.88. The van der Waals surface area contributed by atoms with Crippen LogP contribution in [0, 0.1) is 36.5 Å². The normalized spacial score (nSPS) is 12.7. The van der Waals surface area contributed by atoms with Crippen molar-refractivity contribution in [2.45, 2.75) is 46.5 Å². The third-order valence-corrected chi connectivity index (χ3v) is 7.59. The Balaban J connectivity index is 1.44. The Kier molecular flexibility index (Phi) is 8.30. The van der Waals surface area contributed by atoms with Crippen LogP contribution >= 0.6 is 11.3 Å². The number of benzene rings is 1. The van der Waals surface area contributed by atoms with Crippen LogP contribution < -0.4 is 10.1 Å². The van der Waals surface area contributed by atoms with E-state index in [0.29, 0.717) is 22.7 Å². The van der Waals surface area contributed by atoms with Gasteiger partial charge in [0.2, 0.25) is 0 Å². The van der Waals surface area contributed by atoms with Crippen molar-refractivity contribution in [3.63, 3.8) is 0 Å². The molecule has 1 aliphatic rings. The lowest BCUT2D eigenvalue weighted by Gasteiger charge is -2.11. The molecule has 0 atom stereocenters. The predicted octanol–water partition coefficient (Wildman–Crippen LogP) is 5.39. The average Bonchev–Trinajstić information content (AvgIpc) is 3.41. The van der Waals surface area contributed by atoms with Gasteiger partial charge in [-0.05, 0) is 94.0 Å². The zero-order valence-electron chi connectivity index (χ0n) is 21.6. The Bertz CT molecular complexity index is 1480. The third kappa shape index (κ3) is 5.64. The van der Waals surface area contributed by atoms with E-state index >= 15 is 0 Å². The molecule has 0 aliphatic heterocycles. The fourth-order valence-electron chi connectivity index (χ4n) is 4.63. The summed E-state index contributed by atoms with van der Waals surface area (Å²) in [4.78, 5) is 26.2. The number of thiophene rings is 1. The molecule has 1 N–H and O–H groups in total. The van der Waals surface area contributed by atoms with Gasteiger partial charge in [0.05, 0.1) is 12.2 Å². The largest absolute Gasteiger partial charge is 0.494 e. The lowest BCUT2D eigenvalue weighted by atomic mass is 9.96. The summed E-state index contributed by atoms with van der Waals surface area (Å²) in [5.41, 5.74) is 4.67. The molecular formula is C29H28N4O4S. The maximum Gasteiger partial charge on any atom is 0.349 e. The fraction of sp³-hybridized carbons (Fsp3) is 0.310. The number of carbonyl (C=O) groups excluding carboxylic acids is 2. The van der Waals surface area contributed by atoms with Crippen LogP contribution in [0.25, 0.3) is 11.8 Å². The van der Waals surface area contributed by atoms with Crippen LogP contribution in [-0.4, -0.2) is 29.7 Å². The van der Waals surface area contributed by atoms with Crippen molar-refractivity contribution in [2.75, 3.05) is 18.5 Å². The first-order valence-electron chi connectivity index (χ1n) is 12.4. The van der Waals surface area contributed by atoms with E-state index in [0.717, 1.165) is 58.9 Å². The Hall–Kier alpha value is -4.34. The summed E-state index contributed by atoms with van der Waals surface area (Å²) in [6.07, 6.45) is 5.28. The number of nitrogens with one attached hydrogen (secondary N) is 1. The van der Waals surface area contributed by atoms with Gasteiger partial charge in [0.25, 0.3) is 5.91 Å². The molecule has 1 aromatic carbocycles. The molecule has 0 fully saturated rings. The van der Waals surface area contributed by atoms with Crippen LogP contribution in [0.4, 0.5) is 5.00 Å². The summed E-state index contributed by atoms with van der Waals surface area (Å²) in [7, 11) is 0.